The molecular formula is C48H60F5N5O6S3. The standard InChI is InChI=1S/C48H60F5N5O6S3/c1-45(2)18-14-40(46-30-47(31-46,32-46)44(49)50)34(27-45)28-57-22-24-58(25-23-57)36-10-8-33(9-11-36)43(60)55-67(63,64)39-12-13-41(42(26-39)66(61,62)48(51,52)53)54-35(29-65-38-6-4-3-5-7-38)15-19-56-20-16-37(59)17-21-56/h3-13,26,35,37,44,54,59H,14-25,27-32H2,1-2H3,(H,55,60)/t35-,46?,47?/m1/s1. The SMILES string of the molecule is CC1(C)CCC(C23CC(C(F)F)(C2)C3)=C(CN2CCN(c3ccc(C(=O)NS(=O)(=O)c4ccc(N[C@H](CCN5CCC(O)CC5)CSc5ccccc5)c(S(=O)(=O)C(F)(F)F)c4)cc3)CC2)C1. The molecule has 1 amide bonds. The Balaban J connectivity index is 0.919. The van der Waals surface area contributed by atoms with Crippen LogP contribution in [-0.4, -0.2) is 120 Å². The molecule has 3 saturated carbocycles. The Hall–Kier alpha value is -3.75. The number of hydrogen-bond donors (Lipinski definition) is 3. The third-order valence-electron chi connectivity index (χ3n) is 14.6. The van der Waals surface area contributed by atoms with E-state index in [-0.39, 0.29) is 16.4 Å². The van der Waals surface area contributed by atoms with E-state index in [9.17, 15) is 48.7 Å². The van der Waals surface area contributed by atoms with Crippen molar-refractivity contribution in [3.63, 3.8) is 0 Å². The number of nitrogens with one attached hydrogen (secondary N) is 2. The zero-order valence-corrected chi connectivity index (χ0v) is 40.3. The number of piperidine rings is 1. The number of aliphatic hydroxyl groups is 1. The van der Waals surface area contributed by atoms with E-state index in [0.717, 1.165) is 61.6 Å². The molecule has 1 atom stereocenters. The van der Waals surface area contributed by atoms with E-state index in [1.807, 2.05) is 35.1 Å². The van der Waals surface area contributed by atoms with Crippen molar-refractivity contribution in [1.82, 2.24) is 14.5 Å². The molecule has 2 heterocycles. The number of allylic oxidation sites excluding steroid dienone is 1. The summed E-state index contributed by atoms with van der Waals surface area (Å²) in [4.78, 5) is 18.8. The van der Waals surface area contributed by atoms with Crippen LogP contribution in [0.5, 0.6) is 0 Å². The molecule has 0 aromatic heterocycles. The van der Waals surface area contributed by atoms with E-state index in [2.05, 4.69) is 33.9 Å². The molecule has 11 nitrogen and oxygen atoms in total. The first-order chi connectivity index (χ1) is 31.6. The summed E-state index contributed by atoms with van der Waals surface area (Å²) in [7, 11) is -11.0. The number of rotatable bonds is 17. The van der Waals surface area contributed by atoms with Crippen molar-refractivity contribution in [3.8, 4) is 0 Å². The van der Waals surface area contributed by atoms with E-state index >= 15 is 0 Å². The predicted octanol–water partition coefficient (Wildman–Crippen LogP) is 8.58. The maximum atomic E-state index is 14.2. The number of amides is 1. The van der Waals surface area contributed by atoms with Gasteiger partial charge in [-0.1, -0.05) is 43.2 Å². The van der Waals surface area contributed by atoms with E-state index in [4.69, 9.17) is 0 Å². The van der Waals surface area contributed by atoms with Crippen LogP contribution in [0.2, 0.25) is 0 Å². The Morgan fingerprint density at radius 2 is 1.54 bits per heavy atom. The molecule has 2 saturated heterocycles. The highest BCUT2D eigenvalue weighted by Gasteiger charge is 2.73. The van der Waals surface area contributed by atoms with Crippen LogP contribution in [0.4, 0.5) is 33.3 Å². The Morgan fingerprint density at radius 1 is 0.881 bits per heavy atom. The molecular weight excluding hydrogens is 934 g/mol. The van der Waals surface area contributed by atoms with Crippen molar-refractivity contribution < 1.29 is 48.7 Å². The molecule has 5 fully saturated rings. The number of benzene rings is 3. The Morgan fingerprint density at radius 3 is 2.16 bits per heavy atom. The summed E-state index contributed by atoms with van der Waals surface area (Å²) in [6.07, 6.45) is 3.71. The predicted molar refractivity (Wildman–Crippen MR) is 250 cm³/mol. The van der Waals surface area contributed by atoms with E-state index in [1.165, 1.54) is 35.0 Å². The second-order valence-electron chi connectivity index (χ2n) is 20.1. The molecule has 3 N–H and O–H groups in total. The number of halogens is 5. The van der Waals surface area contributed by atoms with Gasteiger partial charge in [0.2, 0.25) is 6.43 Å². The number of carbonyl (C=O) groups excluding carboxylic acids is 1. The van der Waals surface area contributed by atoms with Crippen LogP contribution < -0.4 is 14.9 Å². The van der Waals surface area contributed by atoms with Crippen molar-refractivity contribution in [1.29, 1.82) is 0 Å². The van der Waals surface area contributed by atoms with Crippen LogP contribution in [-0.2, 0) is 19.9 Å². The number of piperazine rings is 1. The van der Waals surface area contributed by atoms with Crippen LogP contribution in [0.15, 0.2) is 98.6 Å². The zero-order chi connectivity index (χ0) is 48.0. The van der Waals surface area contributed by atoms with Gasteiger partial charge in [0.15, 0.2) is 0 Å². The van der Waals surface area contributed by atoms with Crippen molar-refractivity contribution in [3.05, 3.63) is 89.5 Å². The van der Waals surface area contributed by atoms with Gasteiger partial charge in [0, 0.05) is 85.7 Å². The number of hydrogen-bond acceptors (Lipinski definition) is 11. The lowest BCUT2D eigenvalue weighted by Gasteiger charge is -2.72. The van der Waals surface area contributed by atoms with Gasteiger partial charge in [-0.2, -0.15) is 13.2 Å². The van der Waals surface area contributed by atoms with Gasteiger partial charge < -0.3 is 20.2 Å². The first-order valence-electron chi connectivity index (χ1n) is 23.0. The number of anilines is 2. The van der Waals surface area contributed by atoms with E-state index < -0.39 is 70.7 Å². The van der Waals surface area contributed by atoms with Crippen LogP contribution in [0.25, 0.3) is 0 Å². The average Bonchev–Trinajstić information content (AvgIpc) is 3.25. The second-order valence-corrected chi connectivity index (χ2v) is 24.8. The highest BCUT2D eigenvalue weighted by atomic mass is 32.2. The van der Waals surface area contributed by atoms with Crippen LogP contribution in [0.3, 0.4) is 0 Å². The van der Waals surface area contributed by atoms with Gasteiger partial charge in [-0.3, -0.25) is 9.69 Å². The third-order valence-corrected chi connectivity index (χ3v) is 18.6. The van der Waals surface area contributed by atoms with Crippen molar-refractivity contribution in [2.45, 2.75) is 110 Å². The minimum atomic E-state index is -6.08. The Labute approximate surface area is 394 Å². The lowest BCUT2D eigenvalue weighted by Crippen LogP contribution is -2.66. The lowest BCUT2D eigenvalue weighted by molar-refractivity contribution is -0.249. The molecule has 2 bridgehead atoms. The maximum absolute atomic E-state index is 14.2. The third kappa shape index (κ3) is 10.9. The first-order valence-corrected chi connectivity index (χ1v) is 27.0. The fraction of sp³-hybridized carbons (Fsp3) is 0.562. The molecule has 0 unspecified atom stereocenters. The largest absolute Gasteiger partial charge is 0.501 e. The molecule has 2 aliphatic heterocycles. The topological polar surface area (TPSA) is 139 Å². The number of nitrogens with zero attached hydrogens (tertiary/aromatic N) is 3. The lowest BCUT2D eigenvalue weighted by atomic mass is 9.32. The monoisotopic (exact) mass is 993 g/mol. The summed E-state index contributed by atoms with van der Waals surface area (Å²) in [6.45, 7) is 10.1. The quantitative estimate of drug-likeness (QED) is 0.0681. The van der Waals surface area contributed by atoms with E-state index in [0.29, 0.717) is 83.1 Å². The van der Waals surface area contributed by atoms with Gasteiger partial charge in [-0.15, -0.1) is 11.8 Å². The molecule has 0 radical (unpaired) electrons. The van der Waals surface area contributed by atoms with Gasteiger partial charge in [0.25, 0.3) is 25.8 Å². The highest BCUT2D eigenvalue weighted by molar-refractivity contribution is 7.99. The molecule has 6 aliphatic rings. The summed E-state index contributed by atoms with van der Waals surface area (Å²) < 4.78 is 125. The minimum Gasteiger partial charge on any atom is -0.393 e. The van der Waals surface area contributed by atoms with Gasteiger partial charge in [0.05, 0.1) is 16.7 Å². The molecule has 19 heteroatoms. The molecule has 3 aromatic carbocycles. The number of carbonyl (C=O) groups is 1. The van der Waals surface area contributed by atoms with Gasteiger partial charge in [0.1, 0.15) is 4.90 Å². The van der Waals surface area contributed by atoms with Gasteiger partial charge in [-0.25, -0.2) is 30.3 Å². The van der Waals surface area contributed by atoms with Crippen molar-refractivity contribution >= 4 is 48.9 Å². The zero-order valence-electron chi connectivity index (χ0n) is 37.8. The summed E-state index contributed by atoms with van der Waals surface area (Å²) in [6, 6.07) is 17.4. The number of likely N-dealkylation sites (tertiary alicyclic amines) is 1. The number of aliphatic hydroxyl groups excluding tert-OH is 1. The number of thioether (sulfide) groups is 1. The Bertz CT molecular complexity index is 2510. The molecule has 4 aliphatic carbocycles. The number of sulfonamides is 1. The van der Waals surface area contributed by atoms with Crippen LogP contribution >= 0.6 is 11.8 Å². The average molecular weight is 994 g/mol. The summed E-state index contributed by atoms with van der Waals surface area (Å²) in [5, 5.41) is 12.9. The molecule has 9 rings (SSSR count). The van der Waals surface area contributed by atoms with Gasteiger partial charge >= 0.3 is 5.51 Å². The van der Waals surface area contributed by atoms with Crippen molar-refractivity contribution in [2.24, 2.45) is 16.2 Å². The highest BCUT2D eigenvalue weighted by Crippen LogP contribution is 2.79. The van der Waals surface area contributed by atoms with Crippen LogP contribution in [0.1, 0.15) is 82.0 Å². The van der Waals surface area contributed by atoms with Crippen molar-refractivity contribution in [2.75, 3.05) is 68.3 Å². The second kappa shape index (κ2) is 19.2. The summed E-state index contributed by atoms with van der Waals surface area (Å²) >= 11 is 1.43. The smallest absolute Gasteiger partial charge is 0.393 e. The van der Waals surface area contributed by atoms with Crippen LogP contribution in [0, 0.1) is 16.2 Å². The Kier molecular flexibility index (Phi) is 14.2. The molecule has 67 heavy (non-hydrogen) atoms. The maximum Gasteiger partial charge on any atom is 0.501 e. The molecule has 3 aromatic rings. The molecule has 0 spiro atoms. The number of sulfone groups is 1. The van der Waals surface area contributed by atoms with Gasteiger partial charge in [-0.05, 0) is 123 Å². The fourth-order valence-electron chi connectivity index (χ4n) is 10.9. The number of alkyl halides is 5. The van der Waals surface area contributed by atoms with E-state index in [1.54, 1.807) is 12.1 Å². The summed E-state index contributed by atoms with van der Waals surface area (Å²) in [5.41, 5.74) is -3.23. The summed E-state index contributed by atoms with van der Waals surface area (Å²) in [5.74, 6) is -0.713. The first kappa shape index (κ1) is 49.7. The molecule has 366 valence electrons. The fourth-order valence-corrected chi connectivity index (χ4v) is 13.9. The minimum absolute atomic E-state index is 0.0315. The normalized spacial score (nSPS) is 24.5.